The lowest BCUT2D eigenvalue weighted by Crippen LogP contribution is -2.60. The lowest BCUT2D eigenvalue weighted by Gasteiger charge is -2.42. The minimum atomic E-state index is -3.94. The summed E-state index contributed by atoms with van der Waals surface area (Å²) in [6, 6.07) is 0.396. The summed E-state index contributed by atoms with van der Waals surface area (Å²) in [7, 11) is 1.69. The average molecular weight is 402 g/mol. The molecule has 1 heterocycles. The second-order valence-electron chi connectivity index (χ2n) is 6.00. The predicted molar refractivity (Wildman–Crippen MR) is 94.6 cm³/mol. The molecule has 1 aliphatic heterocycles. The van der Waals surface area contributed by atoms with E-state index in [1.54, 1.807) is 0 Å². The van der Waals surface area contributed by atoms with Gasteiger partial charge >= 0.3 is 5.97 Å². The summed E-state index contributed by atoms with van der Waals surface area (Å²) >= 11 is 0. The van der Waals surface area contributed by atoms with Gasteiger partial charge in [0.15, 0.2) is 11.5 Å². The molecule has 0 aliphatic carbocycles. The smallest absolute Gasteiger partial charge is 0.324 e. The molecule has 1 amide bonds. The monoisotopic (exact) mass is 402 g/mol. The number of piperazine rings is 1. The van der Waals surface area contributed by atoms with Crippen LogP contribution in [0.25, 0.3) is 0 Å². The first-order chi connectivity index (χ1) is 12.6. The highest BCUT2D eigenvalue weighted by atomic mass is 32.2. The van der Waals surface area contributed by atoms with Crippen molar-refractivity contribution in [2.75, 3.05) is 41.2 Å². The van der Waals surface area contributed by atoms with E-state index in [2.05, 4.69) is 0 Å². The maximum atomic E-state index is 12.4. The number of nitrogens with zero attached hydrogens (tertiary/aromatic N) is 2. The topological polar surface area (TPSA) is 123 Å². The average Bonchev–Trinajstić information content (AvgIpc) is 2.60. The normalized spacial score (nSPS) is 21.1. The third kappa shape index (κ3) is 3.78. The molecule has 0 aromatic heterocycles. The molecule has 2 atom stereocenters. The second-order valence-corrected chi connectivity index (χ2v) is 7.93. The summed E-state index contributed by atoms with van der Waals surface area (Å²) in [5.41, 5.74) is 0.334. The van der Waals surface area contributed by atoms with E-state index < -0.39 is 40.5 Å². The van der Waals surface area contributed by atoms with E-state index in [9.17, 15) is 23.1 Å². The molecule has 1 N–H and O–H groups in total. The molecule has 11 heteroatoms. The number of rotatable bonds is 6. The number of ether oxygens (including phenoxy) is 3. The number of likely N-dealkylation sites (N-methyl/N-ethyl adjacent to an activating group) is 1. The molecule has 1 fully saturated rings. The van der Waals surface area contributed by atoms with Gasteiger partial charge in [-0.3, -0.25) is 9.59 Å². The zero-order chi connectivity index (χ0) is 20.5. The van der Waals surface area contributed by atoms with Crippen LogP contribution < -0.4 is 14.2 Å². The molecule has 27 heavy (non-hydrogen) atoms. The van der Waals surface area contributed by atoms with Crippen molar-refractivity contribution in [1.82, 2.24) is 9.21 Å². The molecule has 150 valence electrons. The lowest BCUT2D eigenvalue weighted by molar-refractivity contribution is -0.151. The molecular weight excluding hydrogens is 380 g/mol. The Kier molecular flexibility index (Phi) is 5.85. The molecule has 1 saturated heterocycles. The molecule has 1 aliphatic rings. The Bertz CT molecular complexity index is 829. The van der Waals surface area contributed by atoms with Gasteiger partial charge in [0.1, 0.15) is 6.04 Å². The van der Waals surface area contributed by atoms with Crippen molar-refractivity contribution in [2.45, 2.75) is 12.1 Å². The summed E-state index contributed by atoms with van der Waals surface area (Å²) in [4.78, 5) is 25.5. The minimum Gasteiger partial charge on any atom is -0.493 e. The Morgan fingerprint density at radius 1 is 1.15 bits per heavy atom. The van der Waals surface area contributed by atoms with Crippen LogP contribution in [-0.4, -0.2) is 81.8 Å². The van der Waals surface area contributed by atoms with Crippen molar-refractivity contribution in [3.63, 3.8) is 0 Å². The van der Waals surface area contributed by atoms with Gasteiger partial charge in [0.25, 0.3) is 0 Å². The van der Waals surface area contributed by atoms with Crippen molar-refractivity contribution in [3.8, 4) is 17.2 Å². The number of hydrogen-bond donors (Lipinski definition) is 1. The van der Waals surface area contributed by atoms with E-state index in [-0.39, 0.29) is 11.5 Å². The number of carboxylic acids is 1. The molecular formula is C16H22N2O8S. The van der Waals surface area contributed by atoms with Crippen molar-refractivity contribution in [2.24, 2.45) is 0 Å². The van der Waals surface area contributed by atoms with E-state index in [0.29, 0.717) is 15.6 Å². The summed E-state index contributed by atoms with van der Waals surface area (Å²) in [6.45, 7) is -0.548. The molecule has 1 aromatic rings. The molecule has 0 spiro atoms. The first kappa shape index (κ1) is 20.8. The van der Waals surface area contributed by atoms with Crippen LogP contribution in [0.2, 0.25) is 0 Å². The van der Waals surface area contributed by atoms with Crippen molar-refractivity contribution < 1.29 is 37.3 Å². The number of amides is 1. The van der Waals surface area contributed by atoms with Crippen LogP contribution in [0.15, 0.2) is 12.1 Å². The molecule has 10 nitrogen and oxygen atoms in total. The maximum absolute atomic E-state index is 12.4. The first-order valence-corrected chi connectivity index (χ1v) is 9.66. The quantitative estimate of drug-likeness (QED) is 0.702. The fourth-order valence-corrected chi connectivity index (χ4v) is 4.09. The molecule has 0 bridgehead atoms. The molecule has 0 saturated carbocycles. The number of carboxylic acid groups (broad SMARTS) is 1. The van der Waals surface area contributed by atoms with E-state index >= 15 is 0 Å². The van der Waals surface area contributed by atoms with Gasteiger partial charge in [-0.1, -0.05) is 0 Å². The van der Waals surface area contributed by atoms with Crippen LogP contribution in [0.3, 0.4) is 0 Å². The van der Waals surface area contributed by atoms with Gasteiger partial charge in [-0.2, -0.15) is 4.31 Å². The predicted octanol–water partition coefficient (Wildman–Crippen LogP) is -0.0597. The van der Waals surface area contributed by atoms with Gasteiger partial charge in [0.2, 0.25) is 21.7 Å². The van der Waals surface area contributed by atoms with Crippen LogP contribution in [0, 0.1) is 0 Å². The summed E-state index contributed by atoms with van der Waals surface area (Å²) in [5, 5.41) is 9.73. The zero-order valence-corrected chi connectivity index (χ0v) is 16.4. The Morgan fingerprint density at radius 3 is 2.04 bits per heavy atom. The lowest BCUT2D eigenvalue weighted by atomic mass is 9.94. The molecule has 2 rings (SSSR count). The maximum Gasteiger partial charge on any atom is 0.324 e. The van der Waals surface area contributed by atoms with Crippen molar-refractivity contribution >= 4 is 21.9 Å². The van der Waals surface area contributed by atoms with Gasteiger partial charge in [-0.25, -0.2) is 8.42 Å². The SMILES string of the molecule is COc1cc([C@@H]2[C@@H](C(=O)O)N(S(C)(=O)=O)CC(=O)N2C)cc(OC)c1OC. The number of carbonyl (C=O) groups excluding carboxylic acids is 1. The Balaban J connectivity index is 2.71. The third-order valence-corrected chi connectivity index (χ3v) is 5.63. The van der Waals surface area contributed by atoms with Crippen LogP contribution in [0.4, 0.5) is 0 Å². The highest BCUT2D eigenvalue weighted by Crippen LogP contribution is 2.42. The molecule has 0 radical (unpaired) electrons. The van der Waals surface area contributed by atoms with Gasteiger partial charge in [-0.15, -0.1) is 0 Å². The Labute approximate surface area is 157 Å². The van der Waals surface area contributed by atoms with Crippen LogP contribution in [-0.2, 0) is 19.6 Å². The van der Waals surface area contributed by atoms with Crippen molar-refractivity contribution in [3.05, 3.63) is 17.7 Å². The number of carbonyl (C=O) groups is 2. The van der Waals surface area contributed by atoms with E-state index in [4.69, 9.17) is 14.2 Å². The molecule has 1 aromatic carbocycles. The van der Waals surface area contributed by atoms with E-state index in [1.807, 2.05) is 0 Å². The molecule has 0 unspecified atom stereocenters. The summed E-state index contributed by atoms with van der Waals surface area (Å²) in [5.74, 6) is -1.10. The van der Waals surface area contributed by atoms with E-state index in [1.165, 1.54) is 45.4 Å². The number of aliphatic carboxylic acids is 1. The Hall–Kier alpha value is -2.53. The number of hydrogen-bond acceptors (Lipinski definition) is 7. The summed E-state index contributed by atoms with van der Waals surface area (Å²) < 4.78 is 40.7. The van der Waals surface area contributed by atoms with Gasteiger partial charge in [-0.05, 0) is 17.7 Å². The fraction of sp³-hybridized carbons (Fsp3) is 0.500. The number of methoxy groups -OCH3 is 3. The first-order valence-electron chi connectivity index (χ1n) is 7.82. The third-order valence-electron chi connectivity index (χ3n) is 4.42. The van der Waals surface area contributed by atoms with Gasteiger partial charge in [0, 0.05) is 7.05 Å². The number of sulfonamides is 1. The number of benzene rings is 1. The van der Waals surface area contributed by atoms with E-state index in [0.717, 1.165) is 6.26 Å². The zero-order valence-electron chi connectivity index (χ0n) is 15.6. The van der Waals surface area contributed by atoms with Gasteiger partial charge < -0.3 is 24.2 Å². The van der Waals surface area contributed by atoms with Crippen LogP contribution in [0.1, 0.15) is 11.6 Å². The van der Waals surface area contributed by atoms with Gasteiger partial charge in [0.05, 0.1) is 40.2 Å². The second kappa shape index (κ2) is 7.61. The van der Waals surface area contributed by atoms with Crippen LogP contribution >= 0.6 is 0 Å². The summed E-state index contributed by atoms with van der Waals surface area (Å²) in [6.07, 6.45) is 0.869. The highest BCUT2D eigenvalue weighted by molar-refractivity contribution is 7.88. The van der Waals surface area contributed by atoms with Crippen molar-refractivity contribution in [1.29, 1.82) is 0 Å². The standard InChI is InChI=1S/C16H22N2O8S/c1-17-12(19)8-18(27(5,22)23)14(16(20)21)13(17)9-6-10(24-2)15(26-4)11(7-9)25-3/h6-7,13-14H,8H2,1-5H3,(H,20,21)/t13-,14+/m1/s1. The highest BCUT2D eigenvalue weighted by Gasteiger charge is 2.48. The largest absolute Gasteiger partial charge is 0.493 e. The Morgan fingerprint density at radius 2 is 1.67 bits per heavy atom. The van der Waals surface area contributed by atoms with Crippen LogP contribution in [0.5, 0.6) is 17.2 Å². The minimum absolute atomic E-state index is 0.258. The fourth-order valence-electron chi connectivity index (χ4n) is 3.13.